The third kappa shape index (κ3) is 3.32. The van der Waals surface area contributed by atoms with E-state index in [4.69, 9.17) is 4.52 Å². The van der Waals surface area contributed by atoms with Gasteiger partial charge in [-0.15, -0.1) is 0 Å². The van der Waals surface area contributed by atoms with Crippen molar-refractivity contribution in [1.29, 1.82) is 0 Å². The summed E-state index contributed by atoms with van der Waals surface area (Å²) in [4.78, 5) is 32.3. The second-order valence-corrected chi connectivity index (χ2v) is 5.72. The molecule has 0 spiro atoms. The van der Waals surface area contributed by atoms with Crippen molar-refractivity contribution in [1.82, 2.24) is 25.0 Å². The minimum atomic E-state index is -0.328. The second kappa shape index (κ2) is 6.68. The van der Waals surface area contributed by atoms with Gasteiger partial charge in [0.05, 0.1) is 5.69 Å². The van der Waals surface area contributed by atoms with Gasteiger partial charge in [-0.25, -0.2) is 0 Å². The predicted octanol–water partition coefficient (Wildman–Crippen LogP) is 1.77. The monoisotopic (exact) mass is 339 g/mol. The van der Waals surface area contributed by atoms with Gasteiger partial charge >= 0.3 is 0 Å². The van der Waals surface area contributed by atoms with Crippen LogP contribution in [0.4, 0.5) is 0 Å². The van der Waals surface area contributed by atoms with Gasteiger partial charge in [0, 0.05) is 37.0 Å². The topological polar surface area (TPSA) is 103 Å². The van der Waals surface area contributed by atoms with E-state index in [-0.39, 0.29) is 23.1 Å². The van der Waals surface area contributed by atoms with Gasteiger partial charge in [-0.05, 0) is 18.2 Å². The summed E-state index contributed by atoms with van der Waals surface area (Å²) in [5, 5.41) is 6.46. The third-order valence-corrected chi connectivity index (χ3v) is 3.59. The number of nitrogens with zero attached hydrogens (tertiary/aromatic N) is 4. The van der Waals surface area contributed by atoms with Gasteiger partial charge in [0.1, 0.15) is 5.69 Å². The minimum absolute atomic E-state index is 0.113. The van der Waals surface area contributed by atoms with E-state index < -0.39 is 0 Å². The quantitative estimate of drug-likeness (QED) is 0.777. The standard InChI is InChI=1S/C17H17N5O3/c1-10(2)17-20-15(21-25-17)11-4-5-14(23)22(9-11)12-6-7-19-13(8-12)16(24)18-3/h4-10H,1-3H3,(H,18,24). The maximum Gasteiger partial charge on any atom is 0.269 e. The van der Waals surface area contributed by atoms with Crippen molar-refractivity contribution in [3.8, 4) is 17.1 Å². The molecule has 0 fully saturated rings. The number of carbonyl (C=O) groups is 1. The van der Waals surface area contributed by atoms with Gasteiger partial charge in [0.15, 0.2) is 0 Å². The summed E-state index contributed by atoms with van der Waals surface area (Å²) >= 11 is 0. The molecule has 8 nitrogen and oxygen atoms in total. The van der Waals surface area contributed by atoms with Crippen LogP contribution in [0.5, 0.6) is 0 Å². The van der Waals surface area contributed by atoms with E-state index in [9.17, 15) is 9.59 Å². The molecule has 0 aliphatic carbocycles. The first-order valence-electron chi connectivity index (χ1n) is 7.75. The molecule has 1 amide bonds. The lowest BCUT2D eigenvalue weighted by molar-refractivity contribution is 0.0958. The number of carbonyl (C=O) groups excluding carboxylic acids is 1. The van der Waals surface area contributed by atoms with Gasteiger partial charge in [0.2, 0.25) is 11.7 Å². The second-order valence-electron chi connectivity index (χ2n) is 5.72. The van der Waals surface area contributed by atoms with Crippen LogP contribution < -0.4 is 10.9 Å². The molecule has 1 N–H and O–H groups in total. The van der Waals surface area contributed by atoms with Crippen LogP contribution in [0, 0.1) is 0 Å². The fourth-order valence-corrected chi connectivity index (χ4v) is 2.23. The average molecular weight is 339 g/mol. The molecule has 8 heteroatoms. The number of hydrogen-bond acceptors (Lipinski definition) is 6. The molecule has 3 heterocycles. The van der Waals surface area contributed by atoms with Crippen molar-refractivity contribution in [2.24, 2.45) is 0 Å². The van der Waals surface area contributed by atoms with Crippen molar-refractivity contribution in [3.63, 3.8) is 0 Å². The largest absolute Gasteiger partial charge is 0.354 e. The molecule has 3 aromatic rings. The van der Waals surface area contributed by atoms with Crippen LogP contribution >= 0.6 is 0 Å². The number of aromatic nitrogens is 4. The highest BCUT2D eigenvalue weighted by atomic mass is 16.5. The first-order chi connectivity index (χ1) is 12.0. The molecule has 3 aromatic heterocycles. The molecule has 0 aliphatic rings. The Hall–Kier alpha value is -3.29. The van der Waals surface area contributed by atoms with Crippen molar-refractivity contribution in [3.05, 3.63) is 58.6 Å². The van der Waals surface area contributed by atoms with Crippen LogP contribution in [-0.4, -0.2) is 32.6 Å². The summed E-state index contributed by atoms with van der Waals surface area (Å²) in [6, 6.07) is 6.24. The summed E-state index contributed by atoms with van der Waals surface area (Å²) in [6.07, 6.45) is 3.09. The summed E-state index contributed by atoms with van der Waals surface area (Å²) < 4.78 is 6.62. The first kappa shape index (κ1) is 16.6. The van der Waals surface area contributed by atoms with E-state index in [2.05, 4.69) is 20.4 Å². The number of pyridine rings is 2. The van der Waals surface area contributed by atoms with Gasteiger partial charge in [-0.2, -0.15) is 4.98 Å². The Morgan fingerprint density at radius 1 is 1.28 bits per heavy atom. The van der Waals surface area contributed by atoms with E-state index >= 15 is 0 Å². The van der Waals surface area contributed by atoms with Crippen molar-refractivity contribution >= 4 is 5.91 Å². The lowest BCUT2D eigenvalue weighted by Gasteiger charge is -2.08. The zero-order chi connectivity index (χ0) is 18.0. The maximum absolute atomic E-state index is 12.2. The molecule has 0 atom stereocenters. The molecule has 0 unspecified atom stereocenters. The van der Waals surface area contributed by atoms with Crippen LogP contribution in [0.1, 0.15) is 36.1 Å². The first-order valence-corrected chi connectivity index (χ1v) is 7.75. The van der Waals surface area contributed by atoms with Gasteiger partial charge in [0.25, 0.3) is 11.5 Å². The zero-order valence-electron chi connectivity index (χ0n) is 14.1. The van der Waals surface area contributed by atoms with Crippen LogP contribution in [0.2, 0.25) is 0 Å². The molecule has 25 heavy (non-hydrogen) atoms. The third-order valence-electron chi connectivity index (χ3n) is 3.59. The number of hydrogen-bond donors (Lipinski definition) is 1. The van der Waals surface area contributed by atoms with Crippen molar-refractivity contribution < 1.29 is 9.32 Å². The Balaban J connectivity index is 2.05. The van der Waals surface area contributed by atoms with Crippen LogP contribution in [0.3, 0.4) is 0 Å². The highest BCUT2D eigenvalue weighted by Crippen LogP contribution is 2.19. The molecule has 0 radical (unpaired) electrons. The van der Waals surface area contributed by atoms with Gasteiger partial charge in [-0.1, -0.05) is 19.0 Å². The van der Waals surface area contributed by atoms with Gasteiger partial charge < -0.3 is 9.84 Å². The SMILES string of the molecule is CNC(=O)c1cc(-n2cc(-c3noc(C(C)C)n3)ccc2=O)ccn1. The van der Waals surface area contributed by atoms with Crippen molar-refractivity contribution in [2.45, 2.75) is 19.8 Å². The molecule has 0 aromatic carbocycles. The zero-order valence-corrected chi connectivity index (χ0v) is 14.1. The highest BCUT2D eigenvalue weighted by molar-refractivity contribution is 5.92. The smallest absolute Gasteiger partial charge is 0.269 e. The van der Waals surface area contributed by atoms with E-state index in [1.807, 2.05) is 13.8 Å². The highest BCUT2D eigenvalue weighted by Gasteiger charge is 2.13. The lowest BCUT2D eigenvalue weighted by atomic mass is 10.2. The summed E-state index contributed by atoms with van der Waals surface area (Å²) in [7, 11) is 1.52. The molecular formula is C17H17N5O3. The van der Waals surface area contributed by atoms with Crippen LogP contribution in [0.15, 0.2) is 46.0 Å². The van der Waals surface area contributed by atoms with E-state index in [1.165, 1.54) is 23.9 Å². The fraction of sp³-hybridized carbons (Fsp3) is 0.235. The lowest BCUT2D eigenvalue weighted by Crippen LogP contribution is -2.21. The molecule has 3 rings (SSSR count). The number of nitrogens with one attached hydrogen (secondary N) is 1. The average Bonchev–Trinajstić information content (AvgIpc) is 3.12. The number of rotatable bonds is 4. The normalized spacial score (nSPS) is 10.9. The van der Waals surface area contributed by atoms with Crippen LogP contribution in [0.25, 0.3) is 17.1 Å². The Labute approximate surface area is 143 Å². The van der Waals surface area contributed by atoms with Gasteiger partial charge in [-0.3, -0.25) is 19.1 Å². The summed E-state index contributed by atoms with van der Waals surface area (Å²) in [5.41, 5.74) is 1.13. The molecule has 0 aliphatic heterocycles. The molecular weight excluding hydrogens is 322 g/mol. The maximum atomic E-state index is 12.2. The molecule has 0 saturated carbocycles. The molecule has 0 bridgehead atoms. The summed E-state index contributed by atoms with van der Waals surface area (Å²) in [5.74, 6) is 0.713. The van der Waals surface area contributed by atoms with Crippen LogP contribution in [-0.2, 0) is 0 Å². The van der Waals surface area contributed by atoms with E-state index in [0.717, 1.165) is 0 Å². The molecule has 0 saturated heterocycles. The predicted molar refractivity (Wildman–Crippen MR) is 90.6 cm³/mol. The minimum Gasteiger partial charge on any atom is -0.354 e. The Kier molecular flexibility index (Phi) is 4.42. The van der Waals surface area contributed by atoms with E-state index in [0.29, 0.717) is 23.0 Å². The Morgan fingerprint density at radius 2 is 2.08 bits per heavy atom. The fourth-order valence-electron chi connectivity index (χ4n) is 2.23. The van der Waals surface area contributed by atoms with Crippen molar-refractivity contribution in [2.75, 3.05) is 7.05 Å². The summed E-state index contributed by atoms with van der Waals surface area (Å²) in [6.45, 7) is 3.91. The Bertz CT molecular complexity index is 974. The number of amides is 1. The van der Waals surface area contributed by atoms with E-state index in [1.54, 1.807) is 24.4 Å². The molecule has 128 valence electrons. The Morgan fingerprint density at radius 3 is 2.76 bits per heavy atom.